The van der Waals surface area contributed by atoms with Gasteiger partial charge in [-0.05, 0) is 312 Å². The Morgan fingerprint density at radius 2 is 0.449 bits per heavy atom. The average Bonchev–Trinajstić information content (AvgIpc) is 1.57. The summed E-state index contributed by atoms with van der Waals surface area (Å²) in [6, 6.07) is 85.3. The maximum Gasteiger partial charge on any atom is 0.373 e. The van der Waals surface area contributed by atoms with Crippen LogP contribution >= 0.6 is 15.9 Å². The third-order valence-corrected chi connectivity index (χ3v) is 26.6. The molecule has 0 aliphatic rings. The van der Waals surface area contributed by atoms with E-state index in [2.05, 4.69) is 22.9 Å². The molecule has 0 radical (unpaired) electrons. The topological polar surface area (TPSA) is 338 Å². The quantitative estimate of drug-likeness (QED) is 0.138. The number of hydrogen-bond donors (Lipinski definition) is 0. The third-order valence-electron chi connectivity index (χ3n) is 26.1. The lowest BCUT2D eigenvalue weighted by atomic mass is 10.0. The zero-order valence-electron chi connectivity index (χ0n) is 80.3. The molecule has 14 aromatic heterocycles. The third kappa shape index (κ3) is 16.9. The summed E-state index contributed by atoms with van der Waals surface area (Å²) in [4.78, 5) is 102. The van der Waals surface area contributed by atoms with Gasteiger partial charge in [0.15, 0.2) is 39.1 Å². The second-order valence-electron chi connectivity index (χ2n) is 36.6. The van der Waals surface area contributed by atoms with E-state index < -0.39 is 11.4 Å². The molecular formula is C122H80BrFO23. The highest BCUT2D eigenvalue weighted by molar-refractivity contribution is 9.10. The second-order valence-corrected chi connectivity index (χ2v) is 37.5. The van der Waals surface area contributed by atoms with E-state index in [0.29, 0.717) is 149 Å². The molecule has 0 fully saturated rings. The zero-order chi connectivity index (χ0) is 102. The van der Waals surface area contributed by atoms with Crippen LogP contribution in [0.4, 0.5) is 4.39 Å². The summed E-state index contributed by atoms with van der Waals surface area (Å²) in [5.41, 5.74) is 21.8. The van der Waals surface area contributed by atoms with Crippen molar-refractivity contribution in [1.29, 1.82) is 0 Å². The minimum Gasteiger partial charge on any atom is -0.455 e. The van der Waals surface area contributed by atoms with Crippen LogP contribution < -0.4 is 39.4 Å². The standard InChI is InChI=1S/C20H12O3.C18H14O3.3C17H12O3.C16H9BrO3.C16H9FO3.CO2/c1-11-6-8-14-16(10-11)23-20(21)18-17-13-5-3-2-4-12(13)7-9-15(17)22-19(14)18;1-3-11-5-7-14-13(9-11)16-17(20-14)12-6-4-10(2)8-15(12)21-18(16)19;2*1-9-4-6-13-12(7-9)15-16(19-13)11-5-3-10(2)8-14(11)20-17(15)18;1-9-3-5-11-13(7-9)19-16-12-6-4-10(2)8-14(12)20-17(18)15(11)16;2*1-8-2-4-10-13(6-8)20-16(18)14-11-7-9(17)3-5-12(11)19-15(10)14;2-1-3/h2-10H,1H3;4-9H,3H2,1-2H3;3*3-8H,1-2H3;2*2-7H,1H3;. The number of halogens is 2. The number of carbonyl (C=O) groups excluding carboxylic acids is 2. The first kappa shape index (κ1) is 93.4. The van der Waals surface area contributed by atoms with Crippen LogP contribution in [-0.2, 0) is 16.0 Å². The molecular weight excluding hydrogens is 1930 g/mol. The van der Waals surface area contributed by atoms with Crippen molar-refractivity contribution in [2.75, 3.05) is 0 Å². The number of benzene rings is 15. The second kappa shape index (κ2) is 37.1. The van der Waals surface area contributed by atoms with E-state index in [1.807, 2.05) is 318 Å². The Morgan fingerprint density at radius 1 is 0.211 bits per heavy atom. The molecule has 0 amide bonds. The molecule has 29 aromatic rings. The lowest BCUT2D eigenvalue weighted by molar-refractivity contribution is -0.191. The van der Waals surface area contributed by atoms with Crippen LogP contribution in [0.25, 0.3) is 241 Å². The summed E-state index contributed by atoms with van der Waals surface area (Å²) >= 11 is 3.41. The van der Waals surface area contributed by atoms with Gasteiger partial charge in [-0.3, -0.25) is 0 Å². The highest BCUT2D eigenvalue weighted by atomic mass is 79.9. The molecule has 0 aliphatic carbocycles. The smallest absolute Gasteiger partial charge is 0.373 e. The predicted octanol–water partition coefficient (Wildman–Crippen LogP) is 31.0. The summed E-state index contributed by atoms with van der Waals surface area (Å²) in [6.07, 6.45) is 1.17. The molecule has 0 saturated carbocycles. The maximum atomic E-state index is 13.4. The van der Waals surface area contributed by atoms with Crippen molar-refractivity contribution in [1.82, 2.24) is 0 Å². The Morgan fingerprint density at radius 3 is 0.796 bits per heavy atom. The molecule has 0 aliphatic heterocycles. The summed E-state index contributed by atoms with van der Waals surface area (Å²) in [5, 5.41) is 16.5. The molecule has 23 nitrogen and oxygen atoms in total. The van der Waals surface area contributed by atoms with Gasteiger partial charge >= 0.3 is 45.5 Å². The SMILES string of the molecule is CCc1ccc2oc3c4ccc(C)cc4oc(=O)c3c2c1.Cc1ccc2c(c1)oc(=O)c1c2oc2ccc3ccccc3c21.Cc1ccc2c(c1)oc(=O)c1c3cc(Br)ccc3oc21.Cc1ccc2c(c1)oc(=O)c1c3cc(C)ccc3oc21.Cc1ccc2c(c1)oc(=O)c1c3cc(C)ccc3oc21.Cc1ccc2c(c1)oc(=O)c1c3cc(F)ccc3oc21.Cc1ccc2c(c1)oc(=O)c1c3ccc(C)cc3oc21.O=C=O. The zero-order valence-corrected chi connectivity index (χ0v) is 81.9. The number of fused-ring (bicyclic) bond motifs is 37. The highest BCUT2D eigenvalue weighted by Gasteiger charge is 2.26. The van der Waals surface area contributed by atoms with Crippen LogP contribution in [0.1, 0.15) is 68.1 Å². The molecule has 14 heterocycles. The number of aryl methyl sites for hydroxylation is 11. The van der Waals surface area contributed by atoms with Crippen molar-refractivity contribution in [3.63, 3.8) is 0 Å². The van der Waals surface area contributed by atoms with Gasteiger partial charge in [-0.25, -0.2) is 38.0 Å². The molecule has 15 aromatic carbocycles. The fourth-order valence-corrected chi connectivity index (χ4v) is 19.5. The van der Waals surface area contributed by atoms with E-state index in [4.69, 9.17) is 71.4 Å². The van der Waals surface area contributed by atoms with Crippen molar-refractivity contribution < 1.29 is 75.8 Å². The fraction of sp³-hybridized carbons (Fsp3) is 0.0984. The maximum absolute atomic E-state index is 13.4. The predicted molar refractivity (Wildman–Crippen MR) is 575 cm³/mol. The first-order valence-electron chi connectivity index (χ1n) is 46.8. The minimum absolute atomic E-state index is 0.250. The molecule has 25 heteroatoms. The average molecular weight is 2010 g/mol. The van der Waals surface area contributed by atoms with Gasteiger partial charge in [-0.2, -0.15) is 9.59 Å². The Balaban J connectivity index is 0.0000000970. The van der Waals surface area contributed by atoms with Gasteiger partial charge in [0.05, 0.1) is 37.7 Å². The van der Waals surface area contributed by atoms with Crippen molar-refractivity contribution in [3.05, 3.63) is 417 Å². The molecule has 0 unspecified atom stereocenters. The normalized spacial score (nSPS) is 11.5. The van der Waals surface area contributed by atoms with Gasteiger partial charge in [0.25, 0.3) is 0 Å². The summed E-state index contributed by atoms with van der Waals surface area (Å²) in [5.74, 6) is -0.413. The van der Waals surface area contributed by atoms with Crippen LogP contribution in [0.15, 0.2) is 373 Å². The van der Waals surface area contributed by atoms with E-state index in [1.165, 1.54) is 23.8 Å². The summed E-state index contributed by atoms with van der Waals surface area (Å²) < 4.78 is 93.6. The Labute approximate surface area is 833 Å². The largest absolute Gasteiger partial charge is 0.455 e. The molecule has 29 rings (SSSR count). The van der Waals surface area contributed by atoms with E-state index >= 15 is 0 Å². The van der Waals surface area contributed by atoms with Crippen LogP contribution in [0.3, 0.4) is 0 Å². The van der Waals surface area contributed by atoms with Crippen LogP contribution in [0.2, 0.25) is 0 Å². The van der Waals surface area contributed by atoms with Gasteiger partial charge in [0.2, 0.25) is 0 Å². The van der Waals surface area contributed by atoms with Gasteiger partial charge in [0.1, 0.15) is 122 Å². The van der Waals surface area contributed by atoms with Crippen LogP contribution in [0.5, 0.6) is 0 Å². The molecule has 0 spiro atoms. The lowest BCUT2D eigenvalue weighted by Crippen LogP contribution is -1.98. The Hall–Kier alpha value is -18.6. The number of furan rings is 7. The van der Waals surface area contributed by atoms with Gasteiger partial charge in [-0.1, -0.05) is 131 Å². The Bertz CT molecular complexity index is 10400. The lowest BCUT2D eigenvalue weighted by Gasteiger charge is -1.99. The van der Waals surface area contributed by atoms with E-state index in [1.54, 1.807) is 6.07 Å². The van der Waals surface area contributed by atoms with Gasteiger partial charge in [-0.15, -0.1) is 0 Å². The van der Waals surface area contributed by atoms with Crippen molar-refractivity contribution in [3.8, 4) is 0 Å². The molecule has 147 heavy (non-hydrogen) atoms. The summed E-state index contributed by atoms with van der Waals surface area (Å²) in [7, 11) is 0. The summed E-state index contributed by atoms with van der Waals surface area (Å²) in [6.45, 7) is 21.8. The van der Waals surface area contributed by atoms with Crippen LogP contribution in [0, 0.1) is 75.1 Å². The first-order chi connectivity index (χ1) is 71.0. The van der Waals surface area contributed by atoms with E-state index in [-0.39, 0.29) is 45.3 Å². The van der Waals surface area contributed by atoms with Crippen molar-refractivity contribution in [2.24, 2.45) is 0 Å². The van der Waals surface area contributed by atoms with Gasteiger partial charge < -0.3 is 61.8 Å². The fourth-order valence-electron chi connectivity index (χ4n) is 19.1. The molecule has 0 atom stereocenters. The molecule has 720 valence electrons. The van der Waals surface area contributed by atoms with E-state index in [0.717, 1.165) is 153 Å². The van der Waals surface area contributed by atoms with Gasteiger partial charge in [0, 0.05) is 42.2 Å². The first-order valence-corrected chi connectivity index (χ1v) is 47.6. The number of hydrogen-bond acceptors (Lipinski definition) is 23. The monoisotopic (exact) mass is 2010 g/mol. The Kier molecular flexibility index (Phi) is 23.5. The molecule has 0 saturated heterocycles. The van der Waals surface area contributed by atoms with Crippen LogP contribution in [-0.4, -0.2) is 6.15 Å². The minimum atomic E-state index is -0.512. The van der Waals surface area contributed by atoms with E-state index in [9.17, 15) is 38.0 Å². The molecule has 0 N–H and O–H groups in total. The number of rotatable bonds is 1. The van der Waals surface area contributed by atoms with Crippen molar-refractivity contribution in [2.45, 2.75) is 82.6 Å². The van der Waals surface area contributed by atoms with Crippen molar-refractivity contribution >= 4 is 263 Å². The molecule has 0 bridgehead atoms. The highest BCUT2D eigenvalue weighted by Crippen LogP contribution is 2.43.